The van der Waals surface area contributed by atoms with Gasteiger partial charge in [-0.2, -0.15) is 18.2 Å². The maximum Gasteiger partial charge on any atom is 0.418 e. The summed E-state index contributed by atoms with van der Waals surface area (Å²) in [6.45, 7) is 3.61. The fourth-order valence-corrected chi connectivity index (χ4v) is 3.39. The first-order valence-electron chi connectivity index (χ1n) is 9.43. The summed E-state index contributed by atoms with van der Waals surface area (Å²) < 4.78 is 35.6. The molecule has 1 atom stereocenters. The van der Waals surface area contributed by atoms with Gasteiger partial charge in [0.05, 0.1) is 17.8 Å². The first kappa shape index (κ1) is 27.5. The number of hydrogen-bond donors (Lipinski definition) is 5. The van der Waals surface area contributed by atoms with E-state index in [0.717, 1.165) is 23.6 Å². The second kappa shape index (κ2) is 10.7. The van der Waals surface area contributed by atoms with Gasteiger partial charge in [-0.3, -0.25) is 18.9 Å². The lowest BCUT2D eigenvalue weighted by molar-refractivity contribution is -0.166. The van der Waals surface area contributed by atoms with Crippen LogP contribution in [0.25, 0.3) is 0 Å². The van der Waals surface area contributed by atoms with E-state index in [1.165, 1.54) is 26.2 Å². The number of nitrogens with one attached hydrogen (secondary N) is 1. The number of rotatable bonds is 11. The summed E-state index contributed by atoms with van der Waals surface area (Å²) >= 11 is 0.993. The molecule has 0 fully saturated rings. The van der Waals surface area contributed by atoms with Crippen LogP contribution in [0.3, 0.4) is 0 Å². The van der Waals surface area contributed by atoms with Gasteiger partial charge in [-0.15, -0.1) is 15.6 Å². The molecule has 0 aliphatic carbocycles. The highest BCUT2D eigenvalue weighted by Crippen LogP contribution is 2.20. The molecule has 2 aromatic rings. The molecule has 0 aliphatic rings. The van der Waals surface area contributed by atoms with E-state index in [9.17, 15) is 33.1 Å². The smallest absolute Gasteiger partial charge is 0.418 e. The Morgan fingerprint density at radius 1 is 1.49 bits per heavy atom. The van der Waals surface area contributed by atoms with E-state index in [1.54, 1.807) is 0 Å². The van der Waals surface area contributed by atoms with Crippen LogP contribution in [0, 0.1) is 0 Å². The summed E-state index contributed by atoms with van der Waals surface area (Å²) in [4.78, 5) is 44.9. The molecule has 2 heterocycles. The van der Waals surface area contributed by atoms with Crippen LogP contribution >= 0.6 is 11.3 Å². The largest absolute Gasteiger partial charge is 0.503 e. The number of nitrogens with zero attached hydrogens (tertiary/aromatic N) is 4. The van der Waals surface area contributed by atoms with Crippen molar-refractivity contribution in [1.82, 2.24) is 20.1 Å². The molecule has 0 aliphatic heterocycles. The highest BCUT2D eigenvalue weighted by atomic mass is 32.3. The zero-order chi connectivity index (χ0) is 26.6. The van der Waals surface area contributed by atoms with Gasteiger partial charge in [-0.05, 0) is 20.8 Å². The van der Waals surface area contributed by atoms with Gasteiger partial charge in [-0.25, -0.2) is 4.98 Å². The van der Waals surface area contributed by atoms with Crippen molar-refractivity contribution in [2.45, 2.75) is 39.0 Å². The highest BCUT2D eigenvalue weighted by Gasteiger charge is 2.37. The Morgan fingerprint density at radius 3 is 2.69 bits per heavy atom. The molecule has 0 radical (unpaired) electrons. The van der Waals surface area contributed by atoms with Gasteiger partial charge < -0.3 is 26.2 Å². The van der Waals surface area contributed by atoms with Gasteiger partial charge in [0.1, 0.15) is 11.4 Å². The van der Waals surface area contributed by atoms with Crippen molar-refractivity contribution in [2.24, 2.45) is 5.16 Å². The fourth-order valence-electron chi connectivity index (χ4n) is 2.41. The number of aromatic hydroxyl groups is 1. The van der Waals surface area contributed by atoms with Crippen molar-refractivity contribution in [3.05, 3.63) is 39.3 Å². The van der Waals surface area contributed by atoms with Crippen LogP contribution < -0.4 is 16.5 Å². The predicted molar refractivity (Wildman–Crippen MR) is 120 cm³/mol. The van der Waals surface area contributed by atoms with Crippen LogP contribution in [0.5, 0.6) is 5.75 Å². The molecular weight excluding hydrogens is 512 g/mol. The topological polar surface area (TPSA) is 236 Å². The Bertz CT molecular complexity index is 1290. The zero-order valence-corrected chi connectivity index (χ0v) is 20.1. The second-order valence-corrected chi connectivity index (χ2v) is 9.32. The van der Waals surface area contributed by atoms with Gasteiger partial charge in [-0.1, -0.05) is 5.16 Å². The number of anilines is 1. The summed E-state index contributed by atoms with van der Waals surface area (Å²) in [5, 5.41) is 27.1. The third kappa shape index (κ3) is 7.12. The number of hydroxylamine groups is 2. The molecule has 192 valence electrons. The van der Waals surface area contributed by atoms with Crippen LogP contribution in [-0.2, 0) is 35.7 Å². The molecule has 35 heavy (non-hydrogen) atoms. The average Bonchev–Trinajstić information content (AvgIpc) is 3.17. The van der Waals surface area contributed by atoms with E-state index in [1.807, 2.05) is 0 Å². The molecule has 0 saturated carbocycles. The first-order valence-corrected chi connectivity index (χ1v) is 11.7. The molecule has 2 aromatic heterocycles. The van der Waals surface area contributed by atoms with Gasteiger partial charge in [0, 0.05) is 11.4 Å². The Morgan fingerprint density at radius 2 is 2.14 bits per heavy atom. The number of nitrogen functional groups attached to an aromatic ring is 1. The van der Waals surface area contributed by atoms with Crippen LogP contribution in [-0.4, -0.2) is 67.7 Å². The van der Waals surface area contributed by atoms with Gasteiger partial charge >= 0.3 is 10.4 Å². The SMILES string of the molecule is CC(NC(=O)/C(=N\OCc1cc(=O)c(O)cn1O)c1csc(N)n1)C(C)(C)N(C=O)OS(=O)(=O)O. The number of nitrogens with two attached hydrogens (primary N) is 1. The summed E-state index contributed by atoms with van der Waals surface area (Å²) in [5.74, 6) is -1.59. The normalized spacial score (nSPS) is 13.2. The lowest BCUT2D eigenvalue weighted by Gasteiger charge is -2.37. The third-order valence-corrected chi connectivity index (χ3v) is 5.71. The van der Waals surface area contributed by atoms with Crippen LogP contribution in [0.4, 0.5) is 5.13 Å². The number of hydrogen-bond acceptors (Lipinski definition) is 13. The highest BCUT2D eigenvalue weighted by molar-refractivity contribution is 7.80. The summed E-state index contributed by atoms with van der Waals surface area (Å²) in [7, 11) is -5.03. The van der Waals surface area contributed by atoms with E-state index in [0.29, 0.717) is 9.79 Å². The van der Waals surface area contributed by atoms with Crippen LogP contribution in [0.2, 0.25) is 0 Å². The van der Waals surface area contributed by atoms with Gasteiger partial charge in [0.2, 0.25) is 11.8 Å². The molecular formula is C17H22N6O10S2. The molecule has 2 rings (SSSR count). The number of carbonyl (C=O) groups excluding carboxylic acids is 2. The lowest BCUT2D eigenvalue weighted by Crippen LogP contribution is -2.58. The van der Waals surface area contributed by atoms with Crippen molar-refractivity contribution in [2.75, 3.05) is 5.73 Å². The average molecular weight is 535 g/mol. The second-order valence-electron chi connectivity index (χ2n) is 7.43. The first-order chi connectivity index (χ1) is 16.2. The van der Waals surface area contributed by atoms with Crippen molar-refractivity contribution in [1.29, 1.82) is 0 Å². The number of oxime groups is 1. The summed E-state index contributed by atoms with van der Waals surface area (Å²) in [6, 6.07) is -0.109. The molecule has 2 amide bonds. The standard InChI is InChI=1S/C17H22N6O10S2/c1-9(17(2,3)23(8-24)33-35(29,30)31)19-15(27)14(11-7-34-16(18)20-11)21-32-6-10-4-12(25)13(26)5-22(10)28/h4-5,7-9,26,28H,6H2,1-3H3,(H2,18,20)(H,19,27)(H,29,30,31)/b21-14-. The van der Waals surface area contributed by atoms with Gasteiger partial charge in [0.25, 0.3) is 5.91 Å². The zero-order valence-electron chi connectivity index (χ0n) is 18.5. The molecule has 0 spiro atoms. The Balaban J connectivity index is 2.27. The maximum absolute atomic E-state index is 13.0. The number of carbonyl (C=O) groups is 2. The van der Waals surface area contributed by atoms with E-state index in [2.05, 4.69) is 19.7 Å². The number of pyridine rings is 1. The van der Waals surface area contributed by atoms with Crippen LogP contribution in [0.1, 0.15) is 32.2 Å². The molecule has 0 saturated heterocycles. The van der Waals surface area contributed by atoms with Crippen molar-refractivity contribution in [3.63, 3.8) is 0 Å². The minimum absolute atomic E-state index is 0.00172. The Hall–Kier alpha value is -3.74. The van der Waals surface area contributed by atoms with Crippen molar-refractivity contribution in [3.8, 4) is 5.75 Å². The van der Waals surface area contributed by atoms with E-state index in [-0.39, 0.29) is 28.6 Å². The van der Waals surface area contributed by atoms with Crippen molar-refractivity contribution >= 4 is 44.9 Å². The molecule has 18 heteroatoms. The minimum atomic E-state index is -5.03. The minimum Gasteiger partial charge on any atom is -0.503 e. The van der Waals surface area contributed by atoms with E-state index in [4.69, 9.17) is 15.1 Å². The predicted octanol–water partition coefficient (Wildman–Crippen LogP) is -0.773. The Kier molecular flexibility index (Phi) is 8.39. The number of amides is 2. The third-order valence-electron chi connectivity index (χ3n) is 4.68. The van der Waals surface area contributed by atoms with E-state index < -0.39 is 45.7 Å². The Labute approximate surface area is 202 Å². The fraction of sp³-hybridized carbons (Fsp3) is 0.353. The molecule has 0 bridgehead atoms. The van der Waals surface area contributed by atoms with E-state index >= 15 is 0 Å². The molecule has 1 unspecified atom stereocenters. The number of aromatic nitrogens is 2. The lowest BCUT2D eigenvalue weighted by atomic mass is 9.95. The molecule has 6 N–H and O–H groups in total. The van der Waals surface area contributed by atoms with Crippen molar-refractivity contribution < 1.29 is 42.0 Å². The summed E-state index contributed by atoms with van der Waals surface area (Å²) in [6.07, 6.45) is 0.748. The molecule has 16 nitrogen and oxygen atoms in total. The number of thiazole rings is 1. The molecule has 0 aromatic carbocycles. The van der Waals surface area contributed by atoms with Crippen LogP contribution in [0.15, 0.2) is 27.6 Å². The van der Waals surface area contributed by atoms with Gasteiger partial charge in [0.15, 0.2) is 23.2 Å². The monoisotopic (exact) mass is 534 g/mol. The quantitative estimate of drug-likeness (QED) is 0.0785. The summed E-state index contributed by atoms with van der Waals surface area (Å²) in [5.41, 5.74) is 2.84. The maximum atomic E-state index is 13.0.